The van der Waals surface area contributed by atoms with Crippen molar-refractivity contribution in [1.82, 2.24) is 14.8 Å². The van der Waals surface area contributed by atoms with Crippen LogP contribution in [0.2, 0.25) is 5.02 Å². The van der Waals surface area contributed by atoms with Gasteiger partial charge in [-0.05, 0) is 52.8 Å². The number of amidine groups is 1. The lowest BCUT2D eigenvalue weighted by atomic mass is 10.0. The van der Waals surface area contributed by atoms with Crippen molar-refractivity contribution in [2.75, 3.05) is 37.4 Å². The standard InChI is InChI=1S/C28H35ClF3N5O3S/c1-16-11-36(12-17(2)37(16)26(39)40-27(3,4)5)25-19-10-20(28(30,31)32)22(29)24(23(19)34-15-35-25)41-14-18(13-38)21-8-6-7-9-33-21/h6-10,16-18,34,38H,11-15H2,1-5H3/t16-,17+,18?. The van der Waals surface area contributed by atoms with Crippen LogP contribution in [0.15, 0.2) is 40.4 Å². The van der Waals surface area contributed by atoms with Crippen LogP contribution in [0, 0.1) is 0 Å². The van der Waals surface area contributed by atoms with E-state index in [1.165, 1.54) is 0 Å². The lowest BCUT2D eigenvalue weighted by Crippen LogP contribution is -2.60. The number of aliphatic hydroxyl groups is 1. The van der Waals surface area contributed by atoms with E-state index in [2.05, 4.69) is 15.3 Å². The molecule has 3 atom stereocenters. The number of halogens is 4. The van der Waals surface area contributed by atoms with Gasteiger partial charge in [0.15, 0.2) is 0 Å². The summed E-state index contributed by atoms with van der Waals surface area (Å²) < 4.78 is 48.3. The number of aromatic nitrogens is 1. The maximum absolute atomic E-state index is 14.2. The molecule has 3 heterocycles. The van der Waals surface area contributed by atoms with E-state index in [9.17, 15) is 23.1 Å². The molecule has 2 aliphatic heterocycles. The van der Waals surface area contributed by atoms with Crippen LogP contribution in [0.5, 0.6) is 0 Å². The summed E-state index contributed by atoms with van der Waals surface area (Å²) in [6.45, 7) is 9.82. The Balaban J connectivity index is 1.67. The molecule has 1 aromatic carbocycles. The summed E-state index contributed by atoms with van der Waals surface area (Å²) in [7, 11) is 0. The van der Waals surface area contributed by atoms with Gasteiger partial charge in [0.1, 0.15) is 18.1 Å². The molecule has 0 aliphatic carbocycles. The predicted molar refractivity (Wildman–Crippen MR) is 155 cm³/mol. The highest BCUT2D eigenvalue weighted by molar-refractivity contribution is 7.99. The predicted octanol–water partition coefficient (Wildman–Crippen LogP) is 6.08. The van der Waals surface area contributed by atoms with E-state index in [0.29, 0.717) is 35.9 Å². The van der Waals surface area contributed by atoms with Crippen molar-refractivity contribution >= 4 is 41.0 Å². The number of pyridine rings is 1. The monoisotopic (exact) mass is 613 g/mol. The van der Waals surface area contributed by atoms with Crippen molar-refractivity contribution in [2.24, 2.45) is 4.99 Å². The Morgan fingerprint density at radius 3 is 2.49 bits per heavy atom. The Kier molecular flexibility index (Phi) is 9.35. The molecule has 4 rings (SSSR count). The van der Waals surface area contributed by atoms with E-state index in [1.807, 2.05) is 18.7 Å². The summed E-state index contributed by atoms with van der Waals surface area (Å²) in [5.74, 6) is 0.271. The Hall–Kier alpha value is -2.70. The lowest BCUT2D eigenvalue weighted by Gasteiger charge is -2.46. The van der Waals surface area contributed by atoms with E-state index in [1.54, 1.807) is 50.1 Å². The second-order valence-electron chi connectivity index (χ2n) is 11.2. The molecule has 13 heteroatoms. The molecule has 1 fully saturated rings. The number of benzene rings is 1. The van der Waals surface area contributed by atoms with E-state index in [-0.39, 0.29) is 36.0 Å². The Morgan fingerprint density at radius 2 is 1.93 bits per heavy atom. The molecule has 2 aliphatic rings. The fourth-order valence-electron chi connectivity index (χ4n) is 5.08. The number of hydrogen-bond donors (Lipinski definition) is 2. The first-order chi connectivity index (χ1) is 19.2. The molecular formula is C28H35ClF3N5O3S. The van der Waals surface area contributed by atoms with Gasteiger partial charge in [0.05, 0.1) is 39.9 Å². The zero-order valence-corrected chi connectivity index (χ0v) is 25.2. The number of aliphatic imine (C=N–C) groups is 1. The van der Waals surface area contributed by atoms with Crippen LogP contribution in [0.3, 0.4) is 0 Å². The summed E-state index contributed by atoms with van der Waals surface area (Å²) in [5, 5.41) is 12.7. The molecule has 8 nitrogen and oxygen atoms in total. The number of nitrogens with zero attached hydrogens (tertiary/aromatic N) is 4. The summed E-state index contributed by atoms with van der Waals surface area (Å²) in [6, 6.07) is 5.81. The second kappa shape index (κ2) is 12.3. The summed E-state index contributed by atoms with van der Waals surface area (Å²) in [5.41, 5.74) is -0.215. The van der Waals surface area contributed by atoms with Gasteiger partial charge in [-0.25, -0.2) is 9.79 Å². The van der Waals surface area contributed by atoms with Crippen LogP contribution in [-0.2, 0) is 10.9 Å². The first-order valence-electron chi connectivity index (χ1n) is 13.3. The maximum Gasteiger partial charge on any atom is 0.417 e. The van der Waals surface area contributed by atoms with Crippen LogP contribution < -0.4 is 5.32 Å². The van der Waals surface area contributed by atoms with Gasteiger partial charge in [0, 0.05) is 42.2 Å². The van der Waals surface area contributed by atoms with Gasteiger partial charge in [-0.1, -0.05) is 17.7 Å². The molecule has 0 spiro atoms. The minimum absolute atomic E-state index is 0.149. The lowest BCUT2D eigenvalue weighted by molar-refractivity contribution is -0.137. The minimum atomic E-state index is -4.70. The zero-order chi connectivity index (χ0) is 30.1. The van der Waals surface area contributed by atoms with E-state index in [0.717, 1.165) is 17.8 Å². The minimum Gasteiger partial charge on any atom is -0.444 e. The number of piperazine rings is 1. The summed E-state index contributed by atoms with van der Waals surface area (Å²) in [6.07, 6.45) is -3.52. The number of aliphatic hydroxyl groups excluding tert-OH is 1. The SMILES string of the molecule is C[C@@H]1CN(C2=NCNc3c2cc(C(F)(F)F)c(Cl)c3SCC(CO)c2ccccn2)C[C@H](C)N1C(=O)OC(C)(C)C. The zero-order valence-electron chi connectivity index (χ0n) is 23.6. The number of carbonyl (C=O) groups is 1. The molecule has 0 bridgehead atoms. The number of thioether (sulfide) groups is 1. The average molecular weight is 614 g/mol. The van der Waals surface area contributed by atoms with Crippen molar-refractivity contribution in [3.63, 3.8) is 0 Å². The van der Waals surface area contributed by atoms with Gasteiger partial charge in [0.2, 0.25) is 0 Å². The third-order valence-electron chi connectivity index (χ3n) is 6.83. The van der Waals surface area contributed by atoms with Crippen LogP contribution in [-0.4, -0.2) is 81.6 Å². The van der Waals surface area contributed by atoms with Crippen LogP contribution in [0.25, 0.3) is 0 Å². The van der Waals surface area contributed by atoms with Gasteiger partial charge < -0.3 is 20.1 Å². The second-order valence-corrected chi connectivity index (χ2v) is 12.6. The highest BCUT2D eigenvalue weighted by Gasteiger charge is 2.41. The molecular weight excluding hydrogens is 579 g/mol. The molecule has 1 saturated heterocycles. The number of alkyl halides is 3. The summed E-state index contributed by atoms with van der Waals surface area (Å²) >= 11 is 7.56. The van der Waals surface area contributed by atoms with E-state index < -0.39 is 34.4 Å². The number of anilines is 1. The molecule has 2 aromatic rings. The van der Waals surface area contributed by atoms with Crippen molar-refractivity contribution < 1.29 is 27.8 Å². The van der Waals surface area contributed by atoms with Gasteiger partial charge >= 0.3 is 12.3 Å². The molecule has 1 aromatic heterocycles. The normalized spacial score (nSPS) is 20.2. The third-order valence-corrected chi connectivity index (χ3v) is 8.60. The first kappa shape index (κ1) is 31.2. The van der Waals surface area contributed by atoms with Crippen LogP contribution in [0.4, 0.5) is 23.7 Å². The Bertz CT molecular complexity index is 1280. The molecule has 0 saturated carbocycles. The molecule has 2 N–H and O–H groups in total. The van der Waals surface area contributed by atoms with Crippen LogP contribution >= 0.6 is 23.4 Å². The number of hydrogen-bond acceptors (Lipinski definition) is 8. The Morgan fingerprint density at radius 1 is 1.24 bits per heavy atom. The number of rotatable bonds is 5. The number of amides is 1. The summed E-state index contributed by atoms with van der Waals surface area (Å²) in [4.78, 5) is 25.6. The van der Waals surface area contributed by atoms with Gasteiger partial charge in [0.25, 0.3) is 0 Å². The molecule has 0 radical (unpaired) electrons. The van der Waals surface area contributed by atoms with Gasteiger partial charge in [-0.2, -0.15) is 13.2 Å². The fourth-order valence-corrected chi connectivity index (χ4v) is 6.71. The molecule has 224 valence electrons. The van der Waals surface area contributed by atoms with Crippen molar-refractivity contribution in [3.05, 3.63) is 52.3 Å². The number of nitrogens with one attached hydrogen (secondary N) is 1. The molecule has 1 amide bonds. The Labute approximate surface area is 247 Å². The van der Waals surface area contributed by atoms with E-state index in [4.69, 9.17) is 16.3 Å². The van der Waals surface area contributed by atoms with E-state index >= 15 is 0 Å². The number of fused-ring (bicyclic) bond motifs is 1. The first-order valence-corrected chi connectivity index (χ1v) is 14.7. The largest absolute Gasteiger partial charge is 0.444 e. The van der Waals surface area contributed by atoms with Crippen LogP contribution in [0.1, 0.15) is 57.4 Å². The average Bonchev–Trinajstić information content (AvgIpc) is 2.88. The fraction of sp³-hybridized carbons (Fsp3) is 0.536. The van der Waals surface area contributed by atoms with Crippen molar-refractivity contribution in [2.45, 2.75) is 69.3 Å². The molecule has 1 unspecified atom stereocenters. The third kappa shape index (κ3) is 7.03. The van der Waals surface area contributed by atoms with Gasteiger partial charge in [-0.3, -0.25) is 9.88 Å². The highest BCUT2D eigenvalue weighted by Crippen LogP contribution is 2.47. The van der Waals surface area contributed by atoms with Gasteiger partial charge in [-0.15, -0.1) is 11.8 Å². The quantitative estimate of drug-likeness (QED) is 0.395. The maximum atomic E-state index is 14.2. The smallest absolute Gasteiger partial charge is 0.417 e. The highest BCUT2D eigenvalue weighted by atomic mass is 35.5. The number of ether oxygens (including phenoxy) is 1. The molecule has 41 heavy (non-hydrogen) atoms. The number of carbonyl (C=O) groups excluding carboxylic acids is 1. The van der Waals surface area contributed by atoms with Crippen molar-refractivity contribution in [3.8, 4) is 0 Å². The topological polar surface area (TPSA) is 90.3 Å². The van der Waals surface area contributed by atoms with Crippen molar-refractivity contribution in [1.29, 1.82) is 0 Å².